The van der Waals surface area contributed by atoms with Crippen molar-refractivity contribution in [1.82, 2.24) is 9.55 Å². The number of hydrogen-bond donors (Lipinski definition) is 3. The van der Waals surface area contributed by atoms with E-state index in [4.69, 9.17) is 16.7 Å². The molecule has 1 heterocycles. The third-order valence-electron chi connectivity index (χ3n) is 4.71. The van der Waals surface area contributed by atoms with Crippen LogP contribution in [0.1, 0.15) is 20.7 Å². The number of carbonyl (C=O) groups is 2. The number of carboxylic acids is 1. The number of halogens is 2. The van der Waals surface area contributed by atoms with E-state index in [2.05, 4.69) is 31.5 Å². The van der Waals surface area contributed by atoms with Crippen LogP contribution in [0, 0.1) is 0 Å². The minimum Gasteiger partial charge on any atom is -0.478 e. The SMILES string of the molecule is Cn1c(Nc2ccc(C(=O)O)cc2Cl)nc2cc(C(=O)Nc3ccc(Br)cc3)ccc21. The van der Waals surface area contributed by atoms with E-state index < -0.39 is 5.97 Å². The number of anilines is 3. The number of imidazole rings is 1. The number of nitrogens with zero attached hydrogens (tertiary/aromatic N) is 2. The third-order valence-corrected chi connectivity index (χ3v) is 5.55. The number of aromatic nitrogens is 2. The largest absolute Gasteiger partial charge is 0.478 e. The minimum absolute atomic E-state index is 0.0991. The molecule has 9 heteroatoms. The molecule has 1 amide bonds. The molecule has 0 aliphatic carbocycles. The number of benzene rings is 3. The molecular formula is C22H16BrClN4O3. The van der Waals surface area contributed by atoms with Gasteiger partial charge >= 0.3 is 5.97 Å². The van der Waals surface area contributed by atoms with Crippen molar-refractivity contribution >= 4 is 67.8 Å². The zero-order valence-electron chi connectivity index (χ0n) is 16.2. The normalized spacial score (nSPS) is 10.8. The Balaban J connectivity index is 1.59. The van der Waals surface area contributed by atoms with Crippen molar-refractivity contribution in [2.45, 2.75) is 0 Å². The quantitative estimate of drug-likeness (QED) is 0.328. The van der Waals surface area contributed by atoms with Crippen LogP contribution in [0.3, 0.4) is 0 Å². The Labute approximate surface area is 190 Å². The molecule has 1 aromatic heterocycles. The second-order valence-corrected chi connectivity index (χ2v) is 8.11. The summed E-state index contributed by atoms with van der Waals surface area (Å²) in [5.41, 5.74) is 3.24. The van der Waals surface area contributed by atoms with Crippen LogP contribution in [-0.2, 0) is 7.05 Å². The lowest BCUT2D eigenvalue weighted by Crippen LogP contribution is -2.11. The van der Waals surface area contributed by atoms with Crippen LogP contribution in [0.15, 0.2) is 65.1 Å². The molecule has 0 unspecified atom stereocenters. The molecule has 7 nitrogen and oxygen atoms in total. The van der Waals surface area contributed by atoms with E-state index in [0.29, 0.717) is 28.4 Å². The number of fused-ring (bicyclic) bond motifs is 1. The van der Waals surface area contributed by atoms with Gasteiger partial charge in [0.2, 0.25) is 5.95 Å². The van der Waals surface area contributed by atoms with Gasteiger partial charge in [-0.3, -0.25) is 4.79 Å². The summed E-state index contributed by atoms with van der Waals surface area (Å²) in [6.45, 7) is 0. The second kappa shape index (κ2) is 8.41. The summed E-state index contributed by atoms with van der Waals surface area (Å²) in [6, 6.07) is 17.0. The van der Waals surface area contributed by atoms with Gasteiger partial charge in [-0.05, 0) is 60.7 Å². The Hall–Kier alpha value is -3.36. The molecule has 0 aliphatic rings. The number of rotatable bonds is 5. The first kappa shape index (κ1) is 20.9. The van der Waals surface area contributed by atoms with Crippen LogP contribution < -0.4 is 10.6 Å². The molecule has 3 aromatic carbocycles. The fourth-order valence-electron chi connectivity index (χ4n) is 3.06. The van der Waals surface area contributed by atoms with Crippen LogP contribution >= 0.6 is 27.5 Å². The first-order valence-electron chi connectivity index (χ1n) is 9.15. The number of amides is 1. The number of carboxylic acid groups (broad SMARTS) is 1. The molecular weight excluding hydrogens is 484 g/mol. The van der Waals surface area contributed by atoms with E-state index in [-0.39, 0.29) is 16.5 Å². The van der Waals surface area contributed by atoms with Gasteiger partial charge in [0, 0.05) is 22.8 Å². The molecule has 0 saturated heterocycles. The van der Waals surface area contributed by atoms with Gasteiger partial charge in [-0.15, -0.1) is 0 Å². The number of nitrogens with one attached hydrogen (secondary N) is 2. The fraction of sp³-hybridized carbons (Fsp3) is 0.0455. The standard InChI is InChI=1S/C22H16BrClN4O3/c1-28-19-9-3-12(20(29)25-15-6-4-14(23)5-7-15)11-18(19)27-22(28)26-17-8-2-13(21(30)31)10-16(17)24/h2-11H,1H3,(H,25,29)(H,26,27)(H,30,31). The average molecular weight is 500 g/mol. The molecule has 0 aliphatic heterocycles. The Bertz CT molecular complexity index is 1320. The van der Waals surface area contributed by atoms with E-state index in [1.165, 1.54) is 12.1 Å². The first-order valence-corrected chi connectivity index (χ1v) is 10.3. The van der Waals surface area contributed by atoms with Crippen molar-refractivity contribution in [2.24, 2.45) is 7.05 Å². The van der Waals surface area contributed by atoms with E-state index >= 15 is 0 Å². The van der Waals surface area contributed by atoms with Crippen LogP contribution in [0.25, 0.3) is 11.0 Å². The maximum atomic E-state index is 12.6. The molecule has 0 saturated carbocycles. The van der Waals surface area contributed by atoms with Crippen molar-refractivity contribution in [3.8, 4) is 0 Å². The van der Waals surface area contributed by atoms with Gasteiger partial charge in [0.15, 0.2) is 0 Å². The average Bonchev–Trinajstić information content (AvgIpc) is 3.05. The van der Waals surface area contributed by atoms with Crippen molar-refractivity contribution in [3.63, 3.8) is 0 Å². The zero-order valence-corrected chi connectivity index (χ0v) is 18.5. The van der Waals surface area contributed by atoms with Crippen molar-refractivity contribution in [1.29, 1.82) is 0 Å². The predicted molar refractivity (Wildman–Crippen MR) is 125 cm³/mol. The molecule has 0 spiro atoms. The fourth-order valence-corrected chi connectivity index (χ4v) is 3.55. The number of aromatic carboxylic acids is 1. The second-order valence-electron chi connectivity index (χ2n) is 6.78. The van der Waals surface area contributed by atoms with Gasteiger partial charge in [-0.2, -0.15) is 0 Å². The Kier molecular flexibility index (Phi) is 5.67. The minimum atomic E-state index is -1.05. The molecule has 0 bridgehead atoms. The van der Waals surface area contributed by atoms with Gasteiger partial charge in [-0.25, -0.2) is 9.78 Å². The Morgan fingerprint density at radius 2 is 1.74 bits per heavy atom. The molecule has 4 rings (SSSR count). The van der Waals surface area contributed by atoms with Crippen molar-refractivity contribution in [3.05, 3.63) is 81.3 Å². The zero-order chi connectivity index (χ0) is 22.1. The smallest absolute Gasteiger partial charge is 0.335 e. The van der Waals surface area contributed by atoms with Gasteiger partial charge in [0.1, 0.15) is 0 Å². The van der Waals surface area contributed by atoms with E-state index in [1.54, 1.807) is 18.2 Å². The van der Waals surface area contributed by atoms with Crippen LogP contribution in [0.2, 0.25) is 5.02 Å². The molecule has 0 radical (unpaired) electrons. The highest BCUT2D eigenvalue weighted by atomic mass is 79.9. The molecule has 3 N–H and O–H groups in total. The van der Waals surface area contributed by atoms with E-state index in [1.807, 2.05) is 41.9 Å². The number of hydrogen-bond acceptors (Lipinski definition) is 4. The van der Waals surface area contributed by atoms with Gasteiger partial charge in [-0.1, -0.05) is 27.5 Å². The lowest BCUT2D eigenvalue weighted by Gasteiger charge is -2.08. The molecule has 0 atom stereocenters. The highest BCUT2D eigenvalue weighted by Crippen LogP contribution is 2.28. The van der Waals surface area contributed by atoms with Crippen molar-refractivity contribution in [2.75, 3.05) is 10.6 Å². The summed E-state index contributed by atoms with van der Waals surface area (Å²) in [5.74, 6) is -0.785. The molecule has 4 aromatic rings. The molecule has 156 valence electrons. The van der Waals surface area contributed by atoms with E-state index in [0.717, 1.165) is 9.99 Å². The Morgan fingerprint density at radius 1 is 1.03 bits per heavy atom. The van der Waals surface area contributed by atoms with Crippen LogP contribution in [0.5, 0.6) is 0 Å². The third kappa shape index (κ3) is 4.40. The monoisotopic (exact) mass is 498 g/mol. The topological polar surface area (TPSA) is 96.2 Å². The molecule has 0 fully saturated rings. The predicted octanol–water partition coefficient (Wildman–Crippen LogP) is 5.68. The maximum absolute atomic E-state index is 12.6. The summed E-state index contributed by atoms with van der Waals surface area (Å²) >= 11 is 9.58. The van der Waals surface area contributed by atoms with Gasteiger partial charge in [0.05, 0.1) is 27.3 Å². The number of carbonyl (C=O) groups excluding carboxylic acids is 1. The summed E-state index contributed by atoms with van der Waals surface area (Å²) in [4.78, 5) is 28.3. The summed E-state index contributed by atoms with van der Waals surface area (Å²) in [5, 5.41) is 15.3. The van der Waals surface area contributed by atoms with E-state index in [9.17, 15) is 9.59 Å². The highest BCUT2D eigenvalue weighted by molar-refractivity contribution is 9.10. The van der Waals surface area contributed by atoms with Crippen LogP contribution in [0.4, 0.5) is 17.3 Å². The first-order chi connectivity index (χ1) is 14.8. The molecule has 31 heavy (non-hydrogen) atoms. The maximum Gasteiger partial charge on any atom is 0.335 e. The summed E-state index contributed by atoms with van der Waals surface area (Å²) < 4.78 is 2.76. The van der Waals surface area contributed by atoms with Gasteiger partial charge < -0.3 is 20.3 Å². The Morgan fingerprint density at radius 3 is 2.42 bits per heavy atom. The summed E-state index contributed by atoms with van der Waals surface area (Å²) in [6.07, 6.45) is 0. The van der Waals surface area contributed by atoms with Crippen molar-refractivity contribution < 1.29 is 14.7 Å². The lowest BCUT2D eigenvalue weighted by atomic mass is 10.2. The lowest BCUT2D eigenvalue weighted by molar-refractivity contribution is 0.0696. The van der Waals surface area contributed by atoms with Crippen LogP contribution in [-0.4, -0.2) is 26.5 Å². The van der Waals surface area contributed by atoms with Gasteiger partial charge in [0.25, 0.3) is 5.91 Å². The number of aryl methyl sites for hydroxylation is 1. The highest BCUT2D eigenvalue weighted by Gasteiger charge is 2.14. The summed E-state index contributed by atoms with van der Waals surface area (Å²) in [7, 11) is 1.83.